The number of rotatable bonds is 3. The fraction of sp³-hybridized carbons (Fsp3) is 0.182. The van der Waals surface area contributed by atoms with Gasteiger partial charge < -0.3 is 4.74 Å². The molecule has 7 heteroatoms. The first kappa shape index (κ1) is 12.9. The molecule has 0 radical (unpaired) electrons. The summed E-state index contributed by atoms with van der Waals surface area (Å²) in [7, 11) is 0. The van der Waals surface area contributed by atoms with Gasteiger partial charge in [-0.25, -0.2) is 14.8 Å². The second kappa shape index (κ2) is 5.37. The van der Waals surface area contributed by atoms with E-state index in [1.807, 2.05) is 0 Å². The number of hydrogen-bond acceptors (Lipinski definition) is 4. The minimum Gasteiger partial charge on any atom is -0.460 e. The zero-order valence-corrected chi connectivity index (χ0v) is 10.9. The third-order valence-electron chi connectivity index (χ3n) is 2.12. The molecular formula is C11H9Cl2N3O2. The van der Waals surface area contributed by atoms with E-state index in [0.29, 0.717) is 15.9 Å². The summed E-state index contributed by atoms with van der Waals surface area (Å²) in [6.45, 7) is 1.99. The highest BCUT2D eigenvalue weighted by Gasteiger charge is 2.17. The maximum Gasteiger partial charge on any atom is 0.374 e. The normalized spacial score (nSPS) is 10.4. The number of halogens is 2. The molecule has 18 heavy (non-hydrogen) atoms. The van der Waals surface area contributed by atoms with Crippen molar-refractivity contribution >= 4 is 29.2 Å². The van der Waals surface area contributed by atoms with Crippen molar-refractivity contribution in [2.24, 2.45) is 0 Å². The van der Waals surface area contributed by atoms with Crippen LogP contribution in [0.2, 0.25) is 10.0 Å². The fourth-order valence-corrected chi connectivity index (χ4v) is 1.88. The average molecular weight is 286 g/mol. The monoisotopic (exact) mass is 285 g/mol. The SMILES string of the molecule is CCOC(=O)c1nccn1-c1ncc(Cl)cc1Cl. The smallest absolute Gasteiger partial charge is 0.374 e. The van der Waals surface area contributed by atoms with Crippen LogP contribution in [0.25, 0.3) is 5.82 Å². The van der Waals surface area contributed by atoms with Gasteiger partial charge in [-0.05, 0) is 13.0 Å². The molecule has 2 heterocycles. The van der Waals surface area contributed by atoms with Crippen LogP contribution in [0.4, 0.5) is 0 Å². The molecule has 0 fully saturated rings. The molecule has 0 spiro atoms. The second-order valence-electron chi connectivity index (χ2n) is 3.30. The number of carbonyl (C=O) groups is 1. The van der Waals surface area contributed by atoms with Crippen LogP contribution in [0.15, 0.2) is 24.7 Å². The Balaban J connectivity index is 2.45. The standard InChI is InChI=1S/C11H9Cl2N3O2/c1-2-18-11(17)10-14-3-4-16(10)9-8(13)5-7(12)6-15-9/h3-6H,2H2,1H3. The van der Waals surface area contributed by atoms with Crippen molar-refractivity contribution < 1.29 is 9.53 Å². The van der Waals surface area contributed by atoms with Crippen LogP contribution in [-0.4, -0.2) is 27.1 Å². The molecule has 0 aliphatic carbocycles. The number of carbonyl (C=O) groups excluding carboxylic acids is 1. The predicted molar refractivity (Wildman–Crippen MR) is 67.3 cm³/mol. The van der Waals surface area contributed by atoms with Gasteiger partial charge in [0, 0.05) is 18.6 Å². The van der Waals surface area contributed by atoms with E-state index < -0.39 is 5.97 Å². The first-order valence-electron chi connectivity index (χ1n) is 5.15. The van der Waals surface area contributed by atoms with Gasteiger partial charge >= 0.3 is 5.97 Å². The van der Waals surface area contributed by atoms with Crippen LogP contribution in [-0.2, 0) is 4.74 Å². The Morgan fingerprint density at radius 3 is 2.89 bits per heavy atom. The molecule has 0 amide bonds. The van der Waals surface area contributed by atoms with E-state index >= 15 is 0 Å². The van der Waals surface area contributed by atoms with Gasteiger partial charge in [-0.1, -0.05) is 23.2 Å². The Kier molecular flexibility index (Phi) is 3.84. The Labute approximate surface area is 113 Å². The second-order valence-corrected chi connectivity index (χ2v) is 4.14. The summed E-state index contributed by atoms with van der Waals surface area (Å²) in [5.41, 5.74) is 0. The zero-order valence-electron chi connectivity index (χ0n) is 9.43. The van der Waals surface area contributed by atoms with Gasteiger partial charge in [0.15, 0.2) is 5.82 Å². The Bertz CT molecular complexity index is 583. The minimum absolute atomic E-state index is 0.119. The molecule has 0 saturated heterocycles. The molecule has 0 aromatic carbocycles. The van der Waals surface area contributed by atoms with Crippen molar-refractivity contribution in [1.82, 2.24) is 14.5 Å². The van der Waals surface area contributed by atoms with Gasteiger partial charge in [-0.2, -0.15) is 0 Å². The summed E-state index contributed by atoms with van der Waals surface area (Å²) in [5, 5.41) is 0.743. The van der Waals surface area contributed by atoms with Gasteiger partial charge in [0.25, 0.3) is 0 Å². The van der Waals surface area contributed by atoms with E-state index in [2.05, 4.69) is 9.97 Å². The highest BCUT2D eigenvalue weighted by atomic mass is 35.5. The maximum atomic E-state index is 11.7. The highest BCUT2D eigenvalue weighted by Crippen LogP contribution is 2.22. The van der Waals surface area contributed by atoms with Crippen LogP contribution in [0, 0.1) is 0 Å². The summed E-state index contributed by atoms with van der Waals surface area (Å²) in [6.07, 6.45) is 4.49. The maximum absolute atomic E-state index is 11.7. The highest BCUT2D eigenvalue weighted by molar-refractivity contribution is 6.35. The molecule has 2 rings (SSSR count). The molecule has 0 aliphatic rings. The van der Waals surface area contributed by atoms with Crippen LogP contribution >= 0.6 is 23.2 Å². The quantitative estimate of drug-likeness (QED) is 0.814. The fourth-order valence-electron chi connectivity index (χ4n) is 1.41. The van der Waals surface area contributed by atoms with Crippen LogP contribution < -0.4 is 0 Å². The topological polar surface area (TPSA) is 57.0 Å². The van der Waals surface area contributed by atoms with Crippen LogP contribution in [0.3, 0.4) is 0 Å². The van der Waals surface area contributed by atoms with E-state index in [9.17, 15) is 4.79 Å². The van der Waals surface area contributed by atoms with Crippen LogP contribution in [0.1, 0.15) is 17.5 Å². The molecule has 5 nitrogen and oxygen atoms in total. The summed E-state index contributed by atoms with van der Waals surface area (Å²) < 4.78 is 6.35. The molecule has 2 aromatic rings. The largest absolute Gasteiger partial charge is 0.460 e. The van der Waals surface area contributed by atoms with E-state index in [1.165, 1.54) is 17.0 Å². The lowest BCUT2D eigenvalue weighted by molar-refractivity contribution is 0.0509. The summed E-state index contributed by atoms with van der Waals surface area (Å²) in [5.74, 6) is -0.0366. The van der Waals surface area contributed by atoms with E-state index in [0.717, 1.165) is 0 Å². The molecule has 0 aliphatic heterocycles. The van der Waals surface area contributed by atoms with Crippen molar-refractivity contribution in [3.8, 4) is 5.82 Å². The molecule has 0 bridgehead atoms. The zero-order chi connectivity index (χ0) is 13.1. The van der Waals surface area contributed by atoms with Gasteiger partial charge in [0.2, 0.25) is 5.82 Å². The van der Waals surface area contributed by atoms with Crippen LogP contribution in [0.5, 0.6) is 0 Å². The molecule has 94 valence electrons. The van der Waals surface area contributed by atoms with E-state index in [1.54, 1.807) is 19.2 Å². The number of aromatic nitrogens is 3. The molecule has 0 N–H and O–H groups in total. The lowest BCUT2D eigenvalue weighted by Crippen LogP contribution is -2.13. The number of ether oxygens (including phenoxy) is 1. The van der Waals surface area contributed by atoms with Gasteiger partial charge in [0.05, 0.1) is 16.7 Å². The Morgan fingerprint density at radius 1 is 1.44 bits per heavy atom. The number of nitrogens with zero attached hydrogens (tertiary/aromatic N) is 3. The van der Waals surface area contributed by atoms with Crippen molar-refractivity contribution in [3.05, 3.63) is 40.5 Å². The summed E-state index contributed by atoms with van der Waals surface area (Å²) in [6, 6.07) is 1.54. The van der Waals surface area contributed by atoms with Crippen molar-refractivity contribution in [1.29, 1.82) is 0 Å². The van der Waals surface area contributed by atoms with Gasteiger partial charge in [-0.15, -0.1) is 0 Å². The van der Waals surface area contributed by atoms with E-state index in [4.69, 9.17) is 27.9 Å². The molecule has 0 atom stereocenters. The third kappa shape index (κ3) is 2.47. The predicted octanol–water partition coefficient (Wildman–Crippen LogP) is 2.75. The molecule has 2 aromatic heterocycles. The van der Waals surface area contributed by atoms with Crippen molar-refractivity contribution in [3.63, 3.8) is 0 Å². The van der Waals surface area contributed by atoms with Crippen molar-refractivity contribution in [2.75, 3.05) is 6.61 Å². The minimum atomic E-state index is -0.532. The Morgan fingerprint density at radius 2 is 2.22 bits per heavy atom. The Hall–Kier alpha value is -1.59. The average Bonchev–Trinajstić information content (AvgIpc) is 2.78. The lowest BCUT2D eigenvalue weighted by atomic mass is 10.4. The van der Waals surface area contributed by atoms with Gasteiger partial charge in [-0.3, -0.25) is 4.57 Å². The number of esters is 1. The first-order chi connectivity index (χ1) is 8.63. The molecule has 0 unspecified atom stereocenters. The third-order valence-corrected chi connectivity index (χ3v) is 2.60. The summed E-state index contributed by atoms with van der Waals surface area (Å²) in [4.78, 5) is 19.7. The summed E-state index contributed by atoms with van der Waals surface area (Å²) >= 11 is 11.8. The number of pyridine rings is 1. The number of hydrogen-bond donors (Lipinski definition) is 0. The number of imidazole rings is 1. The molecular weight excluding hydrogens is 277 g/mol. The van der Waals surface area contributed by atoms with Crippen molar-refractivity contribution in [2.45, 2.75) is 6.92 Å². The van der Waals surface area contributed by atoms with Gasteiger partial charge in [0.1, 0.15) is 0 Å². The lowest BCUT2D eigenvalue weighted by Gasteiger charge is -2.07. The first-order valence-corrected chi connectivity index (χ1v) is 5.91. The van der Waals surface area contributed by atoms with E-state index in [-0.39, 0.29) is 12.4 Å². The molecule has 0 saturated carbocycles.